The van der Waals surface area contributed by atoms with Crippen molar-refractivity contribution in [2.24, 2.45) is 0 Å². The van der Waals surface area contributed by atoms with Gasteiger partial charge in [-0.25, -0.2) is 0 Å². The highest BCUT2D eigenvalue weighted by atomic mass is 15.0. The van der Waals surface area contributed by atoms with Gasteiger partial charge in [-0.3, -0.25) is 0 Å². The van der Waals surface area contributed by atoms with Crippen molar-refractivity contribution in [2.75, 3.05) is 0 Å². The average Bonchev–Trinajstić information content (AvgIpc) is 3.50. The van der Waals surface area contributed by atoms with Gasteiger partial charge in [-0.05, 0) is 72.1 Å². The summed E-state index contributed by atoms with van der Waals surface area (Å²) >= 11 is 0. The predicted molar refractivity (Wildman–Crippen MR) is 165 cm³/mol. The van der Waals surface area contributed by atoms with Crippen molar-refractivity contribution in [1.82, 2.24) is 9.13 Å². The van der Waals surface area contributed by atoms with Crippen LogP contribution in [0.15, 0.2) is 140 Å². The zero-order valence-corrected chi connectivity index (χ0v) is 21.7. The monoisotopic (exact) mass is 498 g/mol. The Kier molecular flexibility index (Phi) is 4.77. The summed E-state index contributed by atoms with van der Waals surface area (Å²) in [6.07, 6.45) is 0. The first-order valence-electron chi connectivity index (χ1n) is 13.5. The summed E-state index contributed by atoms with van der Waals surface area (Å²) in [4.78, 5) is 0. The lowest BCUT2D eigenvalue weighted by molar-refractivity contribution is 1.17. The highest BCUT2D eigenvalue weighted by Crippen LogP contribution is 2.36. The second kappa shape index (κ2) is 8.47. The standard InChI is InChI=1S/C37H26N2/c1-25-21-27(24-29(22-25)39-36-19-8-4-15-32(36)33-16-5-9-20-37(33)39)26-11-10-12-28(23-26)38-34-17-6-2-13-30(34)31-14-3-7-18-35(31)38/h2-24H,1H3. The van der Waals surface area contributed by atoms with E-state index in [-0.39, 0.29) is 0 Å². The number of benzene rings is 6. The van der Waals surface area contributed by atoms with Crippen LogP contribution in [0.2, 0.25) is 0 Å². The summed E-state index contributed by atoms with van der Waals surface area (Å²) in [5, 5.41) is 5.12. The van der Waals surface area contributed by atoms with Crippen LogP contribution >= 0.6 is 0 Å². The van der Waals surface area contributed by atoms with E-state index in [1.54, 1.807) is 0 Å². The van der Waals surface area contributed by atoms with Crippen molar-refractivity contribution in [3.63, 3.8) is 0 Å². The van der Waals surface area contributed by atoms with Gasteiger partial charge in [-0.2, -0.15) is 0 Å². The Hall–Kier alpha value is -5.08. The van der Waals surface area contributed by atoms with Crippen molar-refractivity contribution in [2.45, 2.75) is 6.92 Å². The molecule has 0 amide bonds. The second-order valence-corrected chi connectivity index (χ2v) is 10.3. The SMILES string of the molecule is Cc1cc(-c2cccc(-n3c4ccccc4c4ccccc43)c2)cc(-n2c3ccccc3c3ccccc32)c1. The largest absolute Gasteiger partial charge is 0.309 e. The quantitative estimate of drug-likeness (QED) is 0.229. The molecule has 184 valence electrons. The first-order valence-corrected chi connectivity index (χ1v) is 13.5. The fraction of sp³-hybridized carbons (Fsp3) is 0.0270. The Labute approximate surface area is 227 Å². The Balaban J connectivity index is 1.34. The zero-order valence-electron chi connectivity index (χ0n) is 21.7. The number of aryl methyl sites for hydroxylation is 1. The van der Waals surface area contributed by atoms with Crippen LogP contribution in [-0.4, -0.2) is 9.13 Å². The van der Waals surface area contributed by atoms with Crippen molar-refractivity contribution >= 4 is 43.6 Å². The first-order chi connectivity index (χ1) is 19.3. The van der Waals surface area contributed by atoms with Crippen molar-refractivity contribution in [1.29, 1.82) is 0 Å². The van der Waals surface area contributed by atoms with Crippen molar-refractivity contribution in [3.8, 4) is 22.5 Å². The fourth-order valence-corrected chi connectivity index (χ4v) is 6.28. The summed E-state index contributed by atoms with van der Waals surface area (Å²) in [5.74, 6) is 0. The summed E-state index contributed by atoms with van der Waals surface area (Å²) in [6.45, 7) is 2.19. The molecule has 2 nitrogen and oxygen atoms in total. The minimum atomic E-state index is 1.17. The van der Waals surface area contributed by atoms with Gasteiger partial charge in [0.25, 0.3) is 0 Å². The zero-order chi connectivity index (χ0) is 25.9. The van der Waals surface area contributed by atoms with Gasteiger partial charge in [-0.1, -0.05) is 91.0 Å². The Bertz CT molecular complexity index is 2090. The third-order valence-corrected chi connectivity index (χ3v) is 7.92. The van der Waals surface area contributed by atoms with E-state index in [1.165, 1.54) is 71.7 Å². The third-order valence-electron chi connectivity index (χ3n) is 7.92. The Morgan fingerprint density at radius 2 is 0.795 bits per heavy atom. The molecule has 2 heterocycles. The Morgan fingerprint density at radius 1 is 0.359 bits per heavy atom. The highest BCUT2D eigenvalue weighted by molar-refractivity contribution is 6.10. The molecule has 0 aliphatic carbocycles. The molecule has 8 aromatic rings. The van der Waals surface area contributed by atoms with E-state index in [4.69, 9.17) is 0 Å². The van der Waals surface area contributed by atoms with Crippen LogP contribution in [0.3, 0.4) is 0 Å². The smallest absolute Gasteiger partial charge is 0.0541 e. The molecule has 0 atom stereocenters. The number of para-hydroxylation sites is 4. The molecular formula is C37H26N2. The van der Waals surface area contributed by atoms with E-state index in [1.807, 2.05) is 0 Å². The molecule has 0 unspecified atom stereocenters. The summed E-state index contributed by atoms with van der Waals surface area (Å²) in [7, 11) is 0. The van der Waals surface area contributed by atoms with Crippen LogP contribution in [0.1, 0.15) is 5.56 Å². The number of nitrogens with zero attached hydrogens (tertiary/aromatic N) is 2. The molecule has 0 bridgehead atoms. The number of aromatic nitrogens is 2. The molecule has 8 rings (SSSR count). The molecule has 0 fully saturated rings. The van der Waals surface area contributed by atoms with Gasteiger partial charge in [-0.15, -0.1) is 0 Å². The average molecular weight is 499 g/mol. The molecule has 0 saturated carbocycles. The minimum Gasteiger partial charge on any atom is -0.309 e. The molecule has 39 heavy (non-hydrogen) atoms. The van der Waals surface area contributed by atoms with Crippen molar-refractivity contribution < 1.29 is 0 Å². The molecule has 0 N–H and O–H groups in total. The van der Waals surface area contributed by atoms with Gasteiger partial charge in [0.15, 0.2) is 0 Å². The topological polar surface area (TPSA) is 9.86 Å². The lowest BCUT2D eigenvalue weighted by Crippen LogP contribution is -1.97. The summed E-state index contributed by atoms with van der Waals surface area (Å²) in [5.41, 5.74) is 10.9. The van der Waals surface area contributed by atoms with Crippen LogP contribution in [-0.2, 0) is 0 Å². The fourth-order valence-electron chi connectivity index (χ4n) is 6.28. The second-order valence-electron chi connectivity index (χ2n) is 10.3. The van der Waals surface area contributed by atoms with Crippen LogP contribution in [0, 0.1) is 6.92 Å². The van der Waals surface area contributed by atoms with Gasteiger partial charge in [0.05, 0.1) is 22.1 Å². The van der Waals surface area contributed by atoms with Gasteiger partial charge in [0.1, 0.15) is 0 Å². The van der Waals surface area contributed by atoms with Crippen LogP contribution in [0.25, 0.3) is 66.1 Å². The molecular weight excluding hydrogens is 472 g/mol. The molecule has 0 aliphatic rings. The molecule has 6 aromatic carbocycles. The number of hydrogen-bond acceptors (Lipinski definition) is 0. The number of fused-ring (bicyclic) bond motifs is 6. The van der Waals surface area contributed by atoms with E-state index in [2.05, 4.69) is 156 Å². The van der Waals surface area contributed by atoms with Gasteiger partial charge < -0.3 is 9.13 Å². The van der Waals surface area contributed by atoms with Crippen LogP contribution in [0.4, 0.5) is 0 Å². The maximum Gasteiger partial charge on any atom is 0.0541 e. The summed E-state index contributed by atoms with van der Waals surface area (Å²) in [6, 6.07) is 50.6. The van der Waals surface area contributed by atoms with E-state index < -0.39 is 0 Å². The normalized spacial score (nSPS) is 11.7. The molecule has 0 saturated heterocycles. The van der Waals surface area contributed by atoms with E-state index >= 15 is 0 Å². The van der Waals surface area contributed by atoms with E-state index in [0.717, 1.165) is 0 Å². The maximum atomic E-state index is 2.40. The molecule has 2 heteroatoms. The molecule has 0 spiro atoms. The van der Waals surface area contributed by atoms with Crippen LogP contribution < -0.4 is 0 Å². The molecule has 0 radical (unpaired) electrons. The van der Waals surface area contributed by atoms with E-state index in [0.29, 0.717) is 0 Å². The van der Waals surface area contributed by atoms with Crippen molar-refractivity contribution in [3.05, 3.63) is 145 Å². The first kappa shape index (κ1) is 22.0. The lowest BCUT2D eigenvalue weighted by atomic mass is 10.0. The van der Waals surface area contributed by atoms with Gasteiger partial charge >= 0.3 is 0 Å². The van der Waals surface area contributed by atoms with Crippen LogP contribution in [0.5, 0.6) is 0 Å². The predicted octanol–water partition coefficient (Wildman–Crippen LogP) is 9.86. The molecule has 0 aliphatic heterocycles. The minimum absolute atomic E-state index is 1.17. The van der Waals surface area contributed by atoms with Gasteiger partial charge in [0.2, 0.25) is 0 Å². The summed E-state index contributed by atoms with van der Waals surface area (Å²) < 4.78 is 4.79. The van der Waals surface area contributed by atoms with E-state index in [9.17, 15) is 0 Å². The number of hydrogen-bond donors (Lipinski definition) is 0. The lowest BCUT2D eigenvalue weighted by Gasteiger charge is -2.14. The van der Waals surface area contributed by atoms with Gasteiger partial charge in [0, 0.05) is 32.9 Å². The highest BCUT2D eigenvalue weighted by Gasteiger charge is 2.14. The third kappa shape index (κ3) is 3.35. The Morgan fingerprint density at radius 3 is 1.31 bits per heavy atom. The molecule has 2 aromatic heterocycles. The maximum absolute atomic E-state index is 2.40. The number of rotatable bonds is 3.